The maximum atomic E-state index is 13.0. The largest absolute Gasteiger partial charge is 0.376 e. The third-order valence-electron chi connectivity index (χ3n) is 4.72. The van der Waals surface area contributed by atoms with Crippen LogP contribution >= 0.6 is 0 Å². The van der Waals surface area contributed by atoms with Crippen LogP contribution in [0.3, 0.4) is 0 Å². The molecule has 0 bridgehead atoms. The Bertz CT molecular complexity index is 787. The highest BCUT2D eigenvalue weighted by Crippen LogP contribution is 2.28. The molecule has 4 rings (SSSR count). The summed E-state index contributed by atoms with van der Waals surface area (Å²) in [5.41, 5.74) is 2.62. The first kappa shape index (κ1) is 16.0. The van der Waals surface area contributed by atoms with E-state index in [4.69, 9.17) is 4.74 Å². The fourth-order valence-electron chi connectivity index (χ4n) is 3.48. The lowest BCUT2D eigenvalue weighted by atomic mass is 10.2. The lowest BCUT2D eigenvalue weighted by Crippen LogP contribution is -2.30. The van der Waals surface area contributed by atoms with Crippen LogP contribution in [-0.4, -0.2) is 41.7 Å². The van der Waals surface area contributed by atoms with Gasteiger partial charge in [0.2, 0.25) is 0 Å². The van der Waals surface area contributed by atoms with Crippen molar-refractivity contribution in [2.75, 3.05) is 29.9 Å². The lowest BCUT2D eigenvalue weighted by molar-refractivity contribution is 0.0984. The molecule has 1 aromatic carbocycles. The summed E-state index contributed by atoms with van der Waals surface area (Å²) >= 11 is 0. The van der Waals surface area contributed by atoms with E-state index in [1.165, 1.54) is 5.56 Å². The average molecular weight is 338 g/mol. The van der Waals surface area contributed by atoms with Gasteiger partial charge in [0, 0.05) is 31.5 Å². The van der Waals surface area contributed by atoms with Crippen LogP contribution in [-0.2, 0) is 11.2 Å². The molecule has 0 spiro atoms. The van der Waals surface area contributed by atoms with E-state index in [-0.39, 0.29) is 12.0 Å². The highest BCUT2D eigenvalue weighted by atomic mass is 16.5. The number of hydrogen-bond donors (Lipinski definition) is 1. The Morgan fingerprint density at radius 1 is 1.36 bits per heavy atom. The molecule has 2 aliphatic rings. The molecule has 2 aliphatic heterocycles. The first-order valence-corrected chi connectivity index (χ1v) is 8.81. The summed E-state index contributed by atoms with van der Waals surface area (Å²) in [6, 6.07) is 9.78. The predicted octanol–water partition coefficient (Wildman–Crippen LogP) is 2.58. The quantitative estimate of drug-likeness (QED) is 0.928. The zero-order valence-corrected chi connectivity index (χ0v) is 14.4. The first-order valence-electron chi connectivity index (χ1n) is 8.81. The molecule has 130 valence electrons. The molecular formula is C19H22N4O2. The van der Waals surface area contributed by atoms with Crippen LogP contribution < -0.4 is 10.2 Å². The Balaban J connectivity index is 1.52. The van der Waals surface area contributed by atoms with E-state index in [0.717, 1.165) is 31.6 Å². The highest BCUT2D eigenvalue weighted by molar-refractivity contribution is 6.06. The number of rotatable bonds is 4. The maximum absolute atomic E-state index is 13.0. The molecule has 1 fully saturated rings. The van der Waals surface area contributed by atoms with E-state index < -0.39 is 0 Å². The molecule has 0 saturated carbocycles. The van der Waals surface area contributed by atoms with Gasteiger partial charge in [-0.05, 0) is 37.8 Å². The van der Waals surface area contributed by atoms with E-state index in [2.05, 4.69) is 21.4 Å². The number of ether oxygens (including phenoxy) is 1. The van der Waals surface area contributed by atoms with Crippen molar-refractivity contribution in [3.63, 3.8) is 0 Å². The summed E-state index contributed by atoms with van der Waals surface area (Å²) in [7, 11) is 0. The van der Waals surface area contributed by atoms with Gasteiger partial charge in [0.25, 0.3) is 5.91 Å². The topological polar surface area (TPSA) is 67.4 Å². The molecule has 2 aromatic rings. The van der Waals surface area contributed by atoms with Crippen molar-refractivity contribution in [3.8, 4) is 0 Å². The van der Waals surface area contributed by atoms with Crippen LogP contribution in [0.2, 0.25) is 0 Å². The number of benzene rings is 1. The van der Waals surface area contributed by atoms with Crippen molar-refractivity contribution in [1.82, 2.24) is 9.97 Å². The second kappa shape index (κ2) is 6.80. The van der Waals surface area contributed by atoms with Gasteiger partial charge in [0.15, 0.2) is 0 Å². The number of para-hydroxylation sites is 1. The first-order chi connectivity index (χ1) is 12.2. The van der Waals surface area contributed by atoms with Gasteiger partial charge >= 0.3 is 0 Å². The van der Waals surface area contributed by atoms with E-state index >= 15 is 0 Å². The molecule has 1 unspecified atom stereocenters. The zero-order chi connectivity index (χ0) is 17.2. The molecule has 0 radical (unpaired) electrons. The van der Waals surface area contributed by atoms with Crippen LogP contribution in [0.4, 0.5) is 11.5 Å². The lowest BCUT2D eigenvalue weighted by Gasteiger charge is -2.18. The Labute approximate surface area is 147 Å². The summed E-state index contributed by atoms with van der Waals surface area (Å²) in [4.78, 5) is 23.5. The van der Waals surface area contributed by atoms with Crippen molar-refractivity contribution >= 4 is 17.4 Å². The van der Waals surface area contributed by atoms with Crippen molar-refractivity contribution in [2.45, 2.75) is 32.3 Å². The van der Waals surface area contributed by atoms with Crippen LogP contribution in [0.1, 0.15) is 34.7 Å². The number of aromatic nitrogens is 2. The fraction of sp³-hybridized carbons (Fsp3) is 0.421. The molecular weight excluding hydrogens is 316 g/mol. The van der Waals surface area contributed by atoms with Crippen LogP contribution in [0.25, 0.3) is 0 Å². The van der Waals surface area contributed by atoms with Gasteiger partial charge < -0.3 is 15.0 Å². The third kappa shape index (κ3) is 3.35. The molecule has 1 atom stereocenters. The molecule has 1 amide bonds. The molecule has 1 N–H and O–H groups in total. The second-order valence-electron chi connectivity index (χ2n) is 6.54. The molecule has 6 nitrogen and oxygen atoms in total. The SMILES string of the molecule is Cc1nc(NCC2CCCO2)cc(C(=O)N2CCc3ccccc32)n1. The van der Waals surface area contributed by atoms with Gasteiger partial charge in [0.05, 0.1) is 6.10 Å². The minimum absolute atomic E-state index is 0.0735. The number of carbonyl (C=O) groups is 1. The summed E-state index contributed by atoms with van der Waals surface area (Å²) in [5, 5.41) is 3.29. The molecule has 0 aliphatic carbocycles. The monoisotopic (exact) mass is 338 g/mol. The van der Waals surface area contributed by atoms with Crippen molar-refractivity contribution < 1.29 is 9.53 Å². The van der Waals surface area contributed by atoms with Gasteiger partial charge in [0.1, 0.15) is 17.3 Å². The number of hydrogen-bond acceptors (Lipinski definition) is 5. The van der Waals surface area contributed by atoms with Gasteiger partial charge in [-0.3, -0.25) is 4.79 Å². The van der Waals surface area contributed by atoms with Crippen LogP contribution in [0.5, 0.6) is 0 Å². The van der Waals surface area contributed by atoms with E-state index in [9.17, 15) is 4.79 Å². The smallest absolute Gasteiger partial charge is 0.277 e. The normalized spacial score (nSPS) is 19.1. The Morgan fingerprint density at radius 2 is 2.24 bits per heavy atom. The van der Waals surface area contributed by atoms with Gasteiger partial charge in [-0.15, -0.1) is 0 Å². The molecule has 6 heteroatoms. The Hall–Kier alpha value is -2.47. The van der Waals surface area contributed by atoms with E-state index in [1.54, 1.807) is 11.0 Å². The Morgan fingerprint density at radius 3 is 3.08 bits per heavy atom. The van der Waals surface area contributed by atoms with Gasteiger partial charge in [-0.2, -0.15) is 0 Å². The third-order valence-corrected chi connectivity index (χ3v) is 4.72. The number of amides is 1. The standard InChI is InChI=1S/C19H22N4O2/c1-13-21-16(11-18(22-13)20-12-15-6-4-10-25-15)19(24)23-9-8-14-5-2-3-7-17(14)23/h2-3,5,7,11,15H,4,6,8-10,12H2,1H3,(H,20,21,22). The fourth-order valence-corrected chi connectivity index (χ4v) is 3.48. The molecule has 3 heterocycles. The summed E-state index contributed by atoms with van der Waals surface area (Å²) in [6.07, 6.45) is 3.27. The predicted molar refractivity (Wildman–Crippen MR) is 96.1 cm³/mol. The molecule has 25 heavy (non-hydrogen) atoms. The van der Waals surface area contributed by atoms with E-state index in [1.807, 2.05) is 25.1 Å². The van der Waals surface area contributed by atoms with Gasteiger partial charge in [-0.1, -0.05) is 18.2 Å². The van der Waals surface area contributed by atoms with Crippen LogP contribution in [0, 0.1) is 6.92 Å². The minimum atomic E-state index is -0.0735. The number of nitrogens with zero attached hydrogens (tertiary/aromatic N) is 3. The summed E-state index contributed by atoms with van der Waals surface area (Å²) < 4.78 is 5.62. The molecule has 1 saturated heterocycles. The van der Waals surface area contributed by atoms with Crippen molar-refractivity contribution in [2.24, 2.45) is 0 Å². The van der Waals surface area contributed by atoms with E-state index in [0.29, 0.717) is 30.4 Å². The number of carbonyl (C=O) groups excluding carboxylic acids is 1. The van der Waals surface area contributed by atoms with Gasteiger partial charge in [-0.25, -0.2) is 9.97 Å². The van der Waals surface area contributed by atoms with Crippen LogP contribution in [0.15, 0.2) is 30.3 Å². The number of aryl methyl sites for hydroxylation is 1. The Kier molecular flexibility index (Phi) is 4.36. The highest BCUT2D eigenvalue weighted by Gasteiger charge is 2.26. The van der Waals surface area contributed by atoms with Crippen molar-refractivity contribution in [1.29, 1.82) is 0 Å². The molecule has 1 aromatic heterocycles. The number of anilines is 2. The number of nitrogens with one attached hydrogen (secondary N) is 1. The second-order valence-corrected chi connectivity index (χ2v) is 6.54. The van der Waals surface area contributed by atoms with Crippen molar-refractivity contribution in [3.05, 3.63) is 47.4 Å². The average Bonchev–Trinajstić information content (AvgIpc) is 3.28. The summed E-state index contributed by atoms with van der Waals surface area (Å²) in [5.74, 6) is 1.20. The maximum Gasteiger partial charge on any atom is 0.277 e. The zero-order valence-electron chi connectivity index (χ0n) is 14.4. The summed E-state index contributed by atoms with van der Waals surface area (Å²) in [6.45, 7) is 4.04. The number of fused-ring (bicyclic) bond motifs is 1. The minimum Gasteiger partial charge on any atom is -0.376 e.